The Morgan fingerprint density at radius 3 is 2.50 bits per heavy atom. The molecule has 0 aromatic carbocycles. The Kier molecular flexibility index (Phi) is 3.39. The molecule has 0 atom stereocenters. The van der Waals surface area contributed by atoms with Crippen molar-refractivity contribution in [2.24, 2.45) is 5.41 Å². The van der Waals surface area contributed by atoms with Gasteiger partial charge in [0.05, 0.1) is 6.54 Å². The minimum Gasteiger partial charge on any atom is -0.278 e. The average molecular weight is 267 g/mol. The van der Waals surface area contributed by atoms with Crippen molar-refractivity contribution in [2.75, 3.05) is 0 Å². The summed E-state index contributed by atoms with van der Waals surface area (Å²) in [6.45, 7) is 4.14. The Labute approximate surface area is 111 Å². The number of pyridine rings is 1. The summed E-state index contributed by atoms with van der Waals surface area (Å²) in [5.41, 5.74) is 0.581. The van der Waals surface area contributed by atoms with Gasteiger partial charge in [0.15, 0.2) is 0 Å². The number of carbonyl (C=O) groups excluding carboxylic acids is 2. The molecule has 0 bridgehead atoms. The summed E-state index contributed by atoms with van der Waals surface area (Å²) in [5, 5.41) is 0.365. The second-order valence-electron chi connectivity index (χ2n) is 5.38. The van der Waals surface area contributed by atoms with Gasteiger partial charge >= 0.3 is 0 Å². The number of likely N-dealkylation sites (tertiary alicyclic amines) is 1. The number of nitrogens with zero attached hydrogens (tertiary/aromatic N) is 2. The Bertz CT molecular complexity index is 480. The van der Waals surface area contributed by atoms with Crippen LogP contribution in [0.5, 0.6) is 0 Å². The number of halogens is 1. The van der Waals surface area contributed by atoms with Crippen LogP contribution in [0.2, 0.25) is 5.15 Å². The SMILES string of the molecule is CC1(C)CC(=O)N(Cc2ccnc(Cl)c2)C(=O)C1. The number of carbonyl (C=O) groups is 2. The fourth-order valence-electron chi connectivity index (χ4n) is 2.11. The molecule has 2 amide bonds. The average Bonchev–Trinajstić information content (AvgIpc) is 2.22. The van der Waals surface area contributed by atoms with Crippen LogP contribution in [0.15, 0.2) is 18.3 Å². The molecule has 0 radical (unpaired) electrons. The van der Waals surface area contributed by atoms with Gasteiger partial charge in [-0.1, -0.05) is 25.4 Å². The molecule has 18 heavy (non-hydrogen) atoms. The number of hydrogen-bond donors (Lipinski definition) is 0. The van der Waals surface area contributed by atoms with Gasteiger partial charge in [-0.3, -0.25) is 14.5 Å². The van der Waals surface area contributed by atoms with Gasteiger partial charge in [-0.15, -0.1) is 0 Å². The van der Waals surface area contributed by atoms with Crippen LogP contribution < -0.4 is 0 Å². The standard InChI is InChI=1S/C13H15ClN2O2/c1-13(2)6-11(17)16(12(18)7-13)8-9-3-4-15-10(14)5-9/h3-5H,6-8H2,1-2H3. The van der Waals surface area contributed by atoms with E-state index in [4.69, 9.17) is 11.6 Å². The van der Waals surface area contributed by atoms with E-state index >= 15 is 0 Å². The van der Waals surface area contributed by atoms with Crippen LogP contribution in [0.4, 0.5) is 0 Å². The number of amides is 2. The van der Waals surface area contributed by atoms with Gasteiger partial charge < -0.3 is 0 Å². The molecule has 0 spiro atoms. The quantitative estimate of drug-likeness (QED) is 0.610. The van der Waals surface area contributed by atoms with Crippen molar-refractivity contribution in [1.29, 1.82) is 0 Å². The highest BCUT2D eigenvalue weighted by Crippen LogP contribution is 2.32. The lowest BCUT2D eigenvalue weighted by molar-refractivity contribution is -0.153. The number of imide groups is 1. The van der Waals surface area contributed by atoms with Crippen LogP contribution in [0.1, 0.15) is 32.3 Å². The summed E-state index contributed by atoms with van der Waals surface area (Å²) in [7, 11) is 0. The molecule has 0 saturated carbocycles. The molecule has 1 aliphatic heterocycles. The van der Waals surface area contributed by atoms with Crippen molar-refractivity contribution >= 4 is 23.4 Å². The van der Waals surface area contributed by atoms with Crippen molar-refractivity contribution in [3.05, 3.63) is 29.0 Å². The first kappa shape index (κ1) is 13.0. The van der Waals surface area contributed by atoms with Gasteiger partial charge in [0.1, 0.15) is 5.15 Å². The fourth-order valence-corrected chi connectivity index (χ4v) is 2.31. The molecule has 5 heteroatoms. The van der Waals surface area contributed by atoms with Gasteiger partial charge in [0.25, 0.3) is 0 Å². The van der Waals surface area contributed by atoms with Crippen LogP contribution in [-0.2, 0) is 16.1 Å². The van der Waals surface area contributed by atoms with E-state index < -0.39 is 0 Å². The van der Waals surface area contributed by atoms with Gasteiger partial charge in [-0.2, -0.15) is 0 Å². The number of aromatic nitrogens is 1. The molecule has 1 saturated heterocycles. The predicted molar refractivity (Wildman–Crippen MR) is 67.8 cm³/mol. The third-order valence-electron chi connectivity index (χ3n) is 2.99. The molecule has 4 nitrogen and oxygen atoms in total. The van der Waals surface area contributed by atoms with E-state index in [1.807, 2.05) is 13.8 Å². The Balaban J connectivity index is 2.15. The highest BCUT2D eigenvalue weighted by molar-refractivity contribution is 6.29. The summed E-state index contributed by atoms with van der Waals surface area (Å²) >= 11 is 5.78. The van der Waals surface area contributed by atoms with Crippen LogP contribution >= 0.6 is 11.6 Å². The maximum atomic E-state index is 12.0. The van der Waals surface area contributed by atoms with E-state index in [-0.39, 0.29) is 23.8 Å². The second-order valence-corrected chi connectivity index (χ2v) is 5.77. The van der Waals surface area contributed by atoms with Gasteiger partial charge in [0, 0.05) is 19.0 Å². The first-order valence-electron chi connectivity index (χ1n) is 5.81. The van der Waals surface area contributed by atoms with Crippen molar-refractivity contribution in [3.8, 4) is 0 Å². The van der Waals surface area contributed by atoms with E-state index in [1.165, 1.54) is 4.90 Å². The third kappa shape index (κ3) is 2.88. The zero-order valence-corrected chi connectivity index (χ0v) is 11.2. The molecule has 96 valence electrons. The maximum Gasteiger partial charge on any atom is 0.230 e. The summed E-state index contributed by atoms with van der Waals surface area (Å²) in [6.07, 6.45) is 2.37. The van der Waals surface area contributed by atoms with Crippen LogP contribution in [0.3, 0.4) is 0 Å². The molecule has 1 aromatic rings. The Morgan fingerprint density at radius 1 is 1.33 bits per heavy atom. The van der Waals surface area contributed by atoms with Crippen LogP contribution in [0, 0.1) is 5.41 Å². The van der Waals surface area contributed by atoms with Gasteiger partial charge in [-0.05, 0) is 23.1 Å². The number of piperidine rings is 1. The molecule has 1 fully saturated rings. The summed E-state index contributed by atoms with van der Waals surface area (Å²) < 4.78 is 0. The van der Waals surface area contributed by atoms with Crippen molar-refractivity contribution < 1.29 is 9.59 Å². The topological polar surface area (TPSA) is 50.3 Å². The number of hydrogen-bond acceptors (Lipinski definition) is 3. The largest absolute Gasteiger partial charge is 0.278 e. The lowest BCUT2D eigenvalue weighted by atomic mass is 9.81. The minimum atomic E-state index is -0.236. The molecular weight excluding hydrogens is 252 g/mol. The third-order valence-corrected chi connectivity index (χ3v) is 3.20. The first-order valence-corrected chi connectivity index (χ1v) is 6.19. The lowest BCUT2D eigenvalue weighted by Gasteiger charge is -2.34. The smallest absolute Gasteiger partial charge is 0.230 e. The summed E-state index contributed by atoms with van der Waals surface area (Å²) in [4.78, 5) is 29.1. The molecule has 0 unspecified atom stereocenters. The van der Waals surface area contributed by atoms with E-state index in [0.29, 0.717) is 18.0 Å². The fraction of sp³-hybridized carbons (Fsp3) is 0.462. The number of rotatable bonds is 2. The molecule has 1 aromatic heterocycles. The Hall–Kier alpha value is -1.42. The Morgan fingerprint density at radius 2 is 1.94 bits per heavy atom. The minimum absolute atomic E-state index is 0.121. The lowest BCUT2D eigenvalue weighted by Crippen LogP contribution is -2.45. The molecule has 1 aliphatic rings. The van der Waals surface area contributed by atoms with Crippen LogP contribution in [0.25, 0.3) is 0 Å². The van der Waals surface area contributed by atoms with Crippen molar-refractivity contribution in [2.45, 2.75) is 33.2 Å². The van der Waals surface area contributed by atoms with E-state index in [9.17, 15) is 9.59 Å². The zero-order valence-electron chi connectivity index (χ0n) is 10.4. The molecular formula is C13H15ClN2O2. The summed E-state index contributed by atoms with van der Waals surface area (Å²) in [6, 6.07) is 3.42. The van der Waals surface area contributed by atoms with E-state index in [0.717, 1.165) is 5.56 Å². The monoisotopic (exact) mass is 266 g/mol. The first-order chi connectivity index (χ1) is 8.37. The van der Waals surface area contributed by atoms with Gasteiger partial charge in [-0.25, -0.2) is 4.98 Å². The van der Waals surface area contributed by atoms with Crippen LogP contribution in [-0.4, -0.2) is 21.7 Å². The molecule has 2 heterocycles. The normalized spacial score (nSPS) is 19.2. The van der Waals surface area contributed by atoms with Crippen molar-refractivity contribution in [1.82, 2.24) is 9.88 Å². The highest BCUT2D eigenvalue weighted by Gasteiger charge is 2.37. The van der Waals surface area contributed by atoms with Gasteiger partial charge in [0.2, 0.25) is 11.8 Å². The van der Waals surface area contributed by atoms with E-state index in [2.05, 4.69) is 4.98 Å². The molecule has 0 aliphatic carbocycles. The second kappa shape index (κ2) is 4.69. The highest BCUT2D eigenvalue weighted by atomic mass is 35.5. The van der Waals surface area contributed by atoms with E-state index in [1.54, 1.807) is 18.3 Å². The molecule has 2 rings (SSSR count). The maximum absolute atomic E-state index is 12.0. The van der Waals surface area contributed by atoms with Crippen molar-refractivity contribution in [3.63, 3.8) is 0 Å². The molecule has 0 N–H and O–H groups in total. The summed E-state index contributed by atoms with van der Waals surface area (Å²) in [5.74, 6) is -0.242. The predicted octanol–water partition coefficient (Wildman–Crippen LogP) is 2.41. The zero-order chi connectivity index (χ0) is 13.3.